The average Bonchev–Trinajstić information content (AvgIpc) is 2.38. The molecular weight excluding hydrogens is 285 g/mol. The number of carbonyl (C=O) groups excluding carboxylic acids is 1. The predicted molar refractivity (Wildman–Crippen MR) is 71.1 cm³/mol. The van der Waals surface area contributed by atoms with E-state index in [1.165, 1.54) is 12.3 Å². The van der Waals surface area contributed by atoms with E-state index in [2.05, 4.69) is 10.3 Å². The van der Waals surface area contributed by atoms with Gasteiger partial charge in [0.25, 0.3) is 5.91 Å². The Kier molecular flexibility index (Phi) is 4.39. The molecule has 2 N–H and O–H groups in total. The molecule has 1 amide bonds. The van der Waals surface area contributed by atoms with E-state index in [0.29, 0.717) is 5.69 Å². The zero-order valence-electron chi connectivity index (χ0n) is 11.6. The topological polar surface area (TPSA) is 62.0 Å². The quantitative estimate of drug-likeness (QED) is 0.882. The van der Waals surface area contributed by atoms with E-state index in [0.717, 1.165) is 0 Å². The van der Waals surface area contributed by atoms with Gasteiger partial charge in [-0.25, -0.2) is 0 Å². The Labute approximate surface area is 119 Å². The Balaban J connectivity index is 1.94. The monoisotopic (exact) mass is 302 g/mol. The molecule has 1 fully saturated rings. The maximum atomic E-state index is 12.6. The van der Waals surface area contributed by atoms with Gasteiger partial charge >= 0.3 is 6.18 Å². The van der Waals surface area contributed by atoms with Crippen LogP contribution in [0.15, 0.2) is 17.1 Å². The van der Waals surface area contributed by atoms with Gasteiger partial charge in [0, 0.05) is 24.0 Å². The van der Waals surface area contributed by atoms with Crippen molar-refractivity contribution in [1.29, 1.82) is 0 Å². The van der Waals surface area contributed by atoms with Gasteiger partial charge in [-0.3, -0.25) is 9.59 Å². The maximum Gasteiger partial charge on any atom is 0.391 e. The first-order valence-electron chi connectivity index (χ1n) is 6.84. The van der Waals surface area contributed by atoms with Crippen molar-refractivity contribution in [3.05, 3.63) is 33.7 Å². The molecule has 1 aliphatic rings. The smallest absolute Gasteiger partial charge is 0.364 e. The van der Waals surface area contributed by atoms with Crippen molar-refractivity contribution in [2.24, 2.45) is 5.92 Å². The molecular formula is C14H17F3N2O2. The number of hydrogen-bond acceptors (Lipinski definition) is 2. The highest BCUT2D eigenvalue weighted by molar-refractivity contribution is 5.93. The fourth-order valence-electron chi connectivity index (χ4n) is 2.58. The Hall–Kier alpha value is -1.79. The maximum absolute atomic E-state index is 12.6. The van der Waals surface area contributed by atoms with Gasteiger partial charge in [-0.1, -0.05) is 0 Å². The fraction of sp³-hybridized carbons (Fsp3) is 0.571. The van der Waals surface area contributed by atoms with Gasteiger partial charge in [0.1, 0.15) is 5.56 Å². The lowest BCUT2D eigenvalue weighted by Crippen LogP contribution is -2.41. The number of alkyl halides is 3. The molecule has 116 valence electrons. The minimum atomic E-state index is -4.16. The number of aryl methyl sites for hydroxylation is 1. The molecule has 0 aliphatic heterocycles. The van der Waals surface area contributed by atoms with E-state index in [9.17, 15) is 22.8 Å². The van der Waals surface area contributed by atoms with Crippen molar-refractivity contribution in [2.75, 3.05) is 0 Å². The van der Waals surface area contributed by atoms with Crippen molar-refractivity contribution >= 4 is 5.91 Å². The summed E-state index contributed by atoms with van der Waals surface area (Å²) in [5.41, 5.74) is 0.230. The van der Waals surface area contributed by atoms with Gasteiger partial charge in [-0.2, -0.15) is 13.2 Å². The first-order chi connectivity index (χ1) is 9.77. The van der Waals surface area contributed by atoms with Crippen LogP contribution < -0.4 is 10.7 Å². The van der Waals surface area contributed by atoms with Crippen molar-refractivity contribution in [3.8, 4) is 0 Å². The van der Waals surface area contributed by atoms with E-state index in [-0.39, 0.29) is 37.3 Å². The predicted octanol–water partition coefficient (Wildman–Crippen LogP) is 2.53. The summed E-state index contributed by atoms with van der Waals surface area (Å²) in [5, 5.41) is 2.64. The molecule has 0 saturated heterocycles. The highest BCUT2D eigenvalue weighted by Crippen LogP contribution is 2.37. The molecule has 0 unspecified atom stereocenters. The summed E-state index contributed by atoms with van der Waals surface area (Å²) < 4.78 is 37.7. The van der Waals surface area contributed by atoms with Gasteiger partial charge in [-0.05, 0) is 32.6 Å². The van der Waals surface area contributed by atoms with E-state index in [1.54, 1.807) is 6.92 Å². The molecule has 0 bridgehead atoms. The number of aromatic amines is 1. The molecule has 2 rings (SSSR count). The molecule has 1 aromatic heterocycles. The summed E-state index contributed by atoms with van der Waals surface area (Å²) in [6, 6.07) is 1.01. The van der Waals surface area contributed by atoms with Crippen molar-refractivity contribution in [3.63, 3.8) is 0 Å². The van der Waals surface area contributed by atoms with E-state index >= 15 is 0 Å². The molecule has 1 heterocycles. The number of hydrogen-bond donors (Lipinski definition) is 2. The first-order valence-corrected chi connectivity index (χ1v) is 6.84. The molecule has 0 radical (unpaired) electrons. The number of carbonyl (C=O) groups is 1. The zero-order valence-corrected chi connectivity index (χ0v) is 11.6. The summed E-state index contributed by atoms with van der Waals surface area (Å²) in [7, 11) is 0. The third kappa shape index (κ3) is 3.86. The van der Waals surface area contributed by atoms with Crippen LogP contribution in [-0.2, 0) is 0 Å². The second-order valence-electron chi connectivity index (χ2n) is 5.46. The van der Waals surface area contributed by atoms with E-state index in [1.807, 2.05) is 0 Å². The lowest BCUT2D eigenvalue weighted by atomic mass is 9.85. The van der Waals surface area contributed by atoms with Crippen LogP contribution in [0.2, 0.25) is 0 Å². The summed E-state index contributed by atoms with van der Waals surface area (Å²) in [6.07, 6.45) is -2.26. The van der Waals surface area contributed by atoms with Crippen LogP contribution in [0.5, 0.6) is 0 Å². The Bertz CT molecular complexity index is 572. The third-order valence-electron chi connectivity index (χ3n) is 3.83. The summed E-state index contributed by atoms with van der Waals surface area (Å²) in [5.74, 6) is -1.82. The fourth-order valence-corrected chi connectivity index (χ4v) is 2.58. The SMILES string of the molecule is Cc1cc(=O)c(C(=O)NC2CCC(C(F)(F)F)CC2)c[nH]1. The molecule has 4 nitrogen and oxygen atoms in total. The van der Waals surface area contributed by atoms with Gasteiger partial charge in [0.05, 0.1) is 5.92 Å². The number of aromatic nitrogens is 1. The molecule has 1 saturated carbocycles. The van der Waals surface area contributed by atoms with Gasteiger partial charge in [-0.15, -0.1) is 0 Å². The Morgan fingerprint density at radius 3 is 2.43 bits per heavy atom. The molecule has 1 aromatic rings. The lowest BCUT2D eigenvalue weighted by Gasteiger charge is -2.30. The summed E-state index contributed by atoms with van der Waals surface area (Å²) >= 11 is 0. The van der Waals surface area contributed by atoms with E-state index in [4.69, 9.17) is 0 Å². The van der Waals surface area contributed by atoms with Gasteiger partial charge in [0.15, 0.2) is 5.43 Å². The molecule has 21 heavy (non-hydrogen) atoms. The number of halogens is 3. The van der Waals surface area contributed by atoms with Crippen molar-refractivity contribution in [2.45, 2.75) is 44.8 Å². The van der Waals surface area contributed by atoms with Gasteiger partial charge < -0.3 is 10.3 Å². The highest BCUT2D eigenvalue weighted by atomic mass is 19.4. The number of nitrogens with one attached hydrogen (secondary N) is 2. The Morgan fingerprint density at radius 2 is 1.90 bits per heavy atom. The first kappa shape index (κ1) is 15.6. The number of rotatable bonds is 2. The van der Waals surface area contributed by atoms with E-state index < -0.39 is 23.4 Å². The molecule has 7 heteroatoms. The van der Waals surface area contributed by atoms with Crippen LogP contribution in [0.3, 0.4) is 0 Å². The highest BCUT2D eigenvalue weighted by Gasteiger charge is 2.41. The lowest BCUT2D eigenvalue weighted by molar-refractivity contribution is -0.182. The third-order valence-corrected chi connectivity index (χ3v) is 3.83. The van der Waals surface area contributed by atoms with Crippen LogP contribution in [0.4, 0.5) is 13.2 Å². The summed E-state index contributed by atoms with van der Waals surface area (Å²) in [4.78, 5) is 26.4. The van der Waals surface area contributed by atoms with Crippen LogP contribution in [0, 0.1) is 12.8 Å². The van der Waals surface area contributed by atoms with Crippen molar-refractivity contribution < 1.29 is 18.0 Å². The number of H-pyrrole nitrogens is 1. The van der Waals surface area contributed by atoms with Crippen LogP contribution >= 0.6 is 0 Å². The zero-order chi connectivity index (χ0) is 15.6. The number of pyridine rings is 1. The Morgan fingerprint density at radius 1 is 1.29 bits per heavy atom. The average molecular weight is 302 g/mol. The number of amides is 1. The molecule has 0 atom stereocenters. The molecule has 0 spiro atoms. The minimum Gasteiger partial charge on any atom is -0.364 e. The molecule has 1 aliphatic carbocycles. The van der Waals surface area contributed by atoms with Crippen molar-refractivity contribution in [1.82, 2.24) is 10.3 Å². The second-order valence-corrected chi connectivity index (χ2v) is 5.46. The second kappa shape index (κ2) is 5.91. The van der Waals surface area contributed by atoms with Crippen LogP contribution in [-0.4, -0.2) is 23.1 Å². The standard InChI is InChI=1S/C14H17F3N2O2/c1-8-6-12(20)11(7-18-8)13(21)19-10-4-2-9(3-5-10)14(15,16)17/h6-7,9-10H,2-5H2,1H3,(H,18,20)(H,19,21). The van der Waals surface area contributed by atoms with Gasteiger partial charge in [0.2, 0.25) is 0 Å². The normalized spacial score (nSPS) is 22.9. The minimum absolute atomic E-state index is 0.0126. The largest absolute Gasteiger partial charge is 0.391 e. The van der Waals surface area contributed by atoms with Crippen LogP contribution in [0.25, 0.3) is 0 Å². The molecule has 0 aromatic carbocycles. The summed E-state index contributed by atoms with van der Waals surface area (Å²) in [6.45, 7) is 1.70. The van der Waals surface area contributed by atoms with Crippen LogP contribution in [0.1, 0.15) is 41.7 Å².